The Morgan fingerprint density at radius 2 is 2.00 bits per heavy atom. The van der Waals surface area contributed by atoms with E-state index in [1.54, 1.807) is 6.07 Å². The second kappa shape index (κ2) is 4.11. The van der Waals surface area contributed by atoms with E-state index in [4.69, 9.17) is 10.8 Å². The zero-order chi connectivity index (χ0) is 10.9. The Balaban J connectivity index is 3.24. The summed E-state index contributed by atoms with van der Waals surface area (Å²) in [4.78, 5) is 10.7. The fourth-order valence-corrected chi connectivity index (χ4v) is 1.71. The molecule has 0 aliphatic carbocycles. The van der Waals surface area contributed by atoms with Crippen molar-refractivity contribution in [3.8, 4) is 0 Å². The highest BCUT2D eigenvalue weighted by Gasteiger charge is 2.17. The summed E-state index contributed by atoms with van der Waals surface area (Å²) < 4.78 is 0.969. The molecule has 1 atom stereocenters. The molecule has 3 N–H and O–H groups in total. The van der Waals surface area contributed by atoms with Gasteiger partial charge in [0.15, 0.2) is 0 Å². The number of aliphatic carboxylic acids is 1. The Bertz CT molecular complexity index is 377. The third-order valence-electron chi connectivity index (χ3n) is 2.36. The van der Waals surface area contributed by atoms with Crippen LogP contribution in [-0.2, 0) is 4.79 Å². The van der Waals surface area contributed by atoms with Crippen LogP contribution in [0.3, 0.4) is 0 Å². The van der Waals surface area contributed by atoms with E-state index in [1.807, 2.05) is 19.9 Å². The predicted octanol–water partition coefficient (Wildman–Crippen LogP) is 2.15. The molecule has 14 heavy (non-hydrogen) atoms. The van der Waals surface area contributed by atoms with Gasteiger partial charge in [0.1, 0.15) is 6.04 Å². The molecule has 4 heteroatoms. The van der Waals surface area contributed by atoms with Crippen LogP contribution < -0.4 is 5.73 Å². The molecule has 0 aliphatic rings. The highest BCUT2D eigenvalue weighted by atomic mass is 79.9. The van der Waals surface area contributed by atoms with E-state index in [-0.39, 0.29) is 0 Å². The topological polar surface area (TPSA) is 63.3 Å². The molecule has 0 amide bonds. The number of carbonyl (C=O) groups is 1. The second-order valence-electron chi connectivity index (χ2n) is 3.20. The van der Waals surface area contributed by atoms with Crippen molar-refractivity contribution in [3.05, 3.63) is 33.3 Å². The van der Waals surface area contributed by atoms with Gasteiger partial charge in [0, 0.05) is 4.47 Å². The van der Waals surface area contributed by atoms with Gasteiger partial charge in [-0.15, -0.1) is 0 Å². The molecule has 1 aromatic carbocycles. The number of halogens is 1. The maximum absolute atomic E-state index is 10.7. The van der Waals surface area contributed by atoms with Gasteiger partial charge in [0.05, 0.1) is 0 Å². The van der Waals surface area contributed by atoms with Crippen LogP contribution in [0.2, 0.25) is 0 Å². The van der Waals surface area contributed by atoms with Crippen LogP contribution in [0.25, 0.3) is 0 Å². The number of hydrogen-bond donors (Lipinski definition) is 2. The van der Waals surface area contributed by atoms with Gasteiger partial charge in [0.2, 0.25) is 0 Å². The van der Waals surface area contributed by atoms with Gasteiger partial charge >= 0.3 is 5.97 Å². The molecule has 3 nitrogen and oxygen atoms in total. The molecule has 0 saturated heterocycles. The summed E-state index contributed by atoms with van der Waals surface area (Å²) in [5, 5.41) is 8.78. The Morgan fingerprint density at radius 1 is 1.43 bits per heavy atom. The van der Waals surface area contributed by atoms with Crippen LogP contribution in [-0.4, -0.2) is 11.1 Å². The van der Waals surface area contributed by atoms with Crippen molar-refractivity contribution in [2.24, 2.45) is 5.73 Å². The average molecular weight is 258 g/mol. The highest BCUT2D eigenvalue weighted by molar-refractivity contribution is 9.10. The molecule has 0 fully saturated rings. The van der Waals surface area contributed by atoms with E-state index in [9.17, 15) is 4.79 Å². The molecule has 0 spiro atoms. The Labute approximate surface area is 91.1 Å². The lowest BCUT2D eigenvalue weighted by Crippen LogP contribution is -2.21. The van der Waals surface area contributed by atoms with Crippen LogP contribution in [0.5, 0.6) is 0 Å². The summed E-state index contributed by atoms with van der Waals surface area (Å²) >= 11 is 3.38. The molecule has 1 unspecified atom stereocenters. The molecule has 0 aliphatic heterocycles. The molecular formula is C10H12BrNO2. The van der Waals surface area contributed by atoms with Crippen LogP contribution in [0.4, 0.5) is 0 Å². The van der Waals surface area contributed by atoms with Crippen molar-refractivity contribution in [1.82, 2.24) is 0 Å². The summed E-state index contributed by atoms with van der Waals surface area (Å²) in [7, 11) is 0. The van der Waals surface area contributed by atoms with Crippen LogP contribution in [0.1, 0.15) is 22.7 Å². The largest absolute Gasteiger partial charge is 0.480 e. The lowest BCUT2D eigenvalue weighted by molar-refractivity contribution is -0.138. The molecule has 1 aromatic rings. The highest BCUT2D eigenvalue weighted by Crippen LogP contribution is 2.25. The maximum Gasteiger partial charge on any atom is 0.325 e. The van der Waals surface area contributed by atoms with Crippen LogP contribution in [0.15, 0.2) is 16.6 Å². The van der Waals surface area contributed by atoms with Gasteiger partial charge < -0.3 is 10.8 Å². The second-order valence-corrected chi connectivity index (χ2v) is 4.06. The summed E-state index contributed by atoms with van der Waals surface area (Å²) in [5.41, 5.74) is 8.16. The van der Waals surface area contributed by atoms with Crippen molar-refractivity contribution in [3.63, 3.8) is 0 Å². The van der Waals surface area contributed by atoms with Crippen molar-refractivity contribution in [1.29, 1.82) is 0 Å². The van der Waals surface area contributed by atoms with Gasteiger partial charge in [-0.1, -0.05) is 22.0 Å². The molecule has 0 bridgehead atoms. The average Bonchev–Trinajstić information content (AvgIpc) is 2.13. The Hall–Kier alpha value is -0.870. The van der Waals surface area contributed by atoms with Gasteiger partial charge in [0.25, 0.3) is 0 Å². The number of hydrogen-bond acceptors (Lipinski definition) is 2. The van der Waals surface area contributed by atoms with Crippen molar-refractivity contribution in [2.75, 3.05) is 0 Å². The summed E-state index contributed by atoms with van der Waals surface area (Å²) in [5.74, 6) is -1.00. The molecule has 0 aromatic heterocycles. The van der Waals surface area contributed by atoms with Crippen LogP contribution in [0, 0.1) is 13.8 Å². The van der Waals surface area contributed by atoms with E-state index >= 15 is 0 Å². The number of carboxylic acids is 1. The van der Waals surface area contributed by atoms with Crippen molar-refractivity contribution >= 4 is 21.9 Å². The first-order valence-electron chi connectivity index (χ1n) is 4.19. The Kier molecular flexibility index (Phi) is 3.29. The number of nitrogens with two attached hydrogens (primary N) is 1. The number of benzene rings is 1. The summed E-state index contributed by atoms with van der Waals surface area (Å²) in [6, 6.07) is 2.62. The minimum atomic E-state index is -1.00. The summed E-state index contributed by atoms with van der Waals surface area (Å²) in [6.45, 7) is 3.80. The van der Waals surface area contributed by atoms with E-state index < -0.39 is 12.0 Å². The summed E-state index contributed by atoms with van der Waals surface area (Å²) in [6.07, 6.45) is 0. The molecular weight excluding hydrogens is 246 g/mol. The minimum absolute atomic E-state index is 0.665. The first-order chi connectivity index (χ1) is 6.45. The first kappa shape index (κ1) is 11.2. The van der Waals surface area contributed by atoms with Gasteiger partial charge in [-0.25, -0.2) is 0 Å². The Morgan fingerprint density at radius 3 is 2.50 bits per heavy atom. The minimum Gasteiger partial charge on any atom is -0.480 e. The van der Waals surface area contributed by atoms with E-state index in [2.05, 4.69) is 15.9 Å². The lowest BCUT2D eigenvalue weighted by atomic mass is 9.98. The molecule has 0 saturated carbocycles. The zero-order valence-electron chi connectivity index (χ0n) is 8.04. The molecule has 1 rings (SSSR count). The van der Waals surface area contributed by atoms with E-state index in [1.165, 1.54) is 0 Å². The number of rotatable bonds is 2. The predicted molar refractivity (Wildman–Crippen MR) is 58.2 cm³/mol. The smallest absolute Gasteiger partial charge is 0.325 e. The SMILES string of the molecule is Cc1c(Br)ccc(C(N)C(=O)O)c1C. The maximum atomic E-state index is 10.7. The lowest BCUT2D eigenvalue weighted by Gasteiger charge is -2.13. The monoisotopic (exact) mass is 257 g/mol. The van der Waals surface area contributed by atoms with Crippen LogP contribution >= 0.6 is 15.9 Å². The van der Waals surface area contributed by atoms with Crippen molar-refractivity contribution in [2.45, 2.75) is 19.9 Å². The van der Waals surface area contributed by atoms with Gasteiger partial charge in [-0.05, 0) is 36.6 Å². The normalized spacial score (nSPS) is 12.6. The standard InChI is InChI=1S/C10H12BrNO2/c1-5-6(2)8(11)4-3-7(5)9(12)10(13)14/h3-4,9H,12H2,1-2H3,(H,13,14). The van der Waals surface area contributed by atoms with Crippen molar-refractivity contribution < 1.29 is 9.90 Å². The number of carboxylic acid groups (broad SMARTS) is 1. The zero-order valence-corrected chi connectivity index (χ0v) is 9.63. The molecule has 76 valence electrons. The third kappa shape index (κ3) is 1.96. The quantitative estimate of drug-likeness (QED) is 0.854. The fraction of sp³-hybridized carbons (Fsp3) is 0.300. The van der Waals surface area contributed by atoms with E-state index in [0.29, 0.717) is 5.56 Å². The van der Waals surface area contributed by atoms with Gasteiger partial charge in [-0.3, -0.25) is 4.79 Å². The van der Waals surface area contributed by atoms with Gasteiger partial charge in [-0.2, -0.15) is 0 Å². The van der Waals surface area contributed by atoms with E-state index in [0.717, 1.165) is 15.6 Å². The third-order valence-corrected chi connectivity index (χ3v) is 3.22. The fourth-order valence-electron chi connectivity index (χ4n) is 1.28. The first-order valence-corrected chi connectivity index (χ1v) is 4.98. The molecule has 0 radical (unpaired) electrons. The molecule has 0 heterocycles.